The zero-order valence-electron chi connectivity index (χ0n) is 15.4. The van der Waals surface area contributed by atoms with Crippen molar-refractivity contribution >= 4 is 23.6 Å². The van der Waals surface area contributed by atoms with Gasteiger partial charge in [0.2, 0.25) is 0 Å². The molecular formula is C19H23FN4O2S. The van der Waals surface area contributed by atoms with Crippen LogP contribution in [0.2, 0.25) is 0 Å². The highest BCUT2D eigenvalue weighted by molar-refractivity contribution is 7.98. The van der Waals surface area contributed by atoms with E-state index in [1.165, 1.54) is 12.3 Å². The van der Waals surface area contributed by atoms with Crippen LogP contribution in [0.25, 0.3) is 0 Å². The zero-order valence-corrected chi connectivity index (χ0v) is 16.3. The van der Waals surface area contributed by atoms with E-state index >= 15 is 0 Å². The Morgan fingerprint density at radius 1 is 1.26 bits per heavy atom. The molecule has 3 rings (SSSR count). The largest absolute Gasteiger partial charge is 0.459 e. The lowest BCUT2D eigenvalue weighted by atomic mass is 10.2. The van der Waals surface area contributed by atoms with E-state index in [9.17, 15) is 9.18 Å². The molecule has 0 radical (unpaired) electrons. The molecule has 2 heterocycles. The lowest BCUT2D eigenvalue weighted by molar-refractivity contribution is 0.0657. The number of furan rings is 1. The highest BCUT2D eigenvalue weighted by Gasteiger charge is 2.25. The molecule has 0 spiro atoms. The highest BCUT2D eigenvalue weighted by Crippen LogP contribution is 2.21. The summed E-state index contributed by atoms with van der Waals surface area (Å²) in [5.74, 6) is 0.773. The number of benzene rings is 1. The van der Waals surface area contributed by atoms with E-state index in [0.717, 1.165) is 16.4 Å². The molecule has 144 valence electrons. The Morgan fingerprint density at radius 2 is 2.00 bits per heavy atom. The second kappa shape index (κ2) is 8.94. The molecule has 1 fully saturated rings. The lowest BCUT2D eigenvalue weighted by Crippen LogP contribution is -2.53. The van der Waals surface area contributed by atoms with Gasteiger partial charge in [0.05, 0.1) is 6.26 Å². The molecular weight excluding hydrogens is 367 g/mol. The number of nitrogens with one attached hydrogen (secondary N) is 1. The number of hydrogen-bond acceptors (Lipinski definition) is 4. The van der Waals surface area contributed by atoms with Gasteiger partial charge in [0, 0.05) is 44.7 Å². The molecule has 0 saturated carbocycles. The Bertz CT molecular complexity index is 802. The number of rotatable bonds is 4. The van der Waals surface area contributed by atoms with E-state index in [4.69, 9.17) is 4.42 Å². The van der Waals surface area contributed by atoms with Crippen LogP contribution in [0.3, 0.4) is 0 Å². The minimum atomic E-state index is -0.246. The van der Waals surface area contributed by atoms with Gasteiger partial charge in [0.1, 0.15) is 5.82 Å². The molecule has 2 aromatic rings. The van der Waals surface area contributed by atoms with Crippen molar-refractivity contribution in [2.24, 2.45) is 4.99 Å². The minimum absolute atomic E-state index is 0.0908. The maximum Gasteiger partial charge on any atom is 0.289 e. The van der Waals surface area contributed by atoms with E-state index in [1.807, 2.05) is 6.26 Å². The Labute approximate surface area is 162 Å². The van der Waals surface area contributed by atoms with Crippen LogP contribution < -0.4 is 5.32 Å². The topological polar surface area (TPSA) is 61.1 Å². The lowest BCUT2D eigenvalue weighted by Gasteiger charge is -2.36. The van der Waals surface area contributed by atoms with Gasteiger partial charge in [0.15, 0.2) is 11.7 Å². The van der Waals surface area contributed by atoms with Crippen molar-refractivity contribution in [2.75, 3.05) is 39.5 Å². The van der Waals surface area contributed by atoms with Gasteiger partial charge < -0.3 is 19.5 Å². The highest BCUT2D eigenvalue weighted by atomic mass is 32.2. The van der Waals surface area contributed by atoms with Crippen LogP contribution in [0.15, 0.2) is 50.9 Å². The van der Waals surface area contributed by atoms with Crippen LogP contribution in [0, 0.1) is 5.82 Å². The molecule has 1 aromatic carbocycles. The fourth-order valence-corrected chi connectivity index (χ4v) is 3.67. The van der Waals surface area contributed by atoms with Crippen molar-refractivity contribution < 1.29 is 13.6 Å². The van der Waals surface area contributed by atoms with Crippen LogP contribution in [-0.4, -0.2) is 61.1 Å². The number of halogens is 1. The summed E-state index contributed by atoms with van der Waals surface area (Å²) in [6, 6.07) is 8.20. The summed E-state index contributed by atoms with van der Waals surface area (Å²) in [7, 11) is 1.73. The van der Waals surface area contributed by atoms with Crippen LogP contribution in [-0.2, 0) is 6.54 Å². The average molecular weight is 390 g/mol. The average Bonchev–Trinajstić information content (AvgIpc) is 3.23. The number of amides is 1. The van der Waals surface area contributed by atoms with Gasteiger partial charge in [-0.2, -0.15) is 0 Å². The zero-order chi connectivity index (χ0) is 19.2. The summed E-state index contributed by atoms with van der Waals surface area (Å²) in [5.41, 5.74) is 0.898. The predicted molar refractivity (Wildman–Crippen MR) is 105 cm³/mol. The summed E-state index contributed by atoms with van der Waals surface area (Å²) in [4.78, 5) is 21.6. The SMILES string of the molecule is CN=C(NCc1cc(F)ccc1SC)N1CCN(C(=O)c2ccco2)CC1. The summed E-state index contributed by atoms with van der Waals surface area (Å²) >= 11 is 1.59. The molecule has 1 aliphatic rings. The Hall–Kier alpha value is -2.48. The molecule has 1 aromatic heterocycles. The maximum atomic E-state index is 13.6. The summed E-state index contributed by atoms with van der Waals surface area (Å²) in [6.07, 6.45) is 3.48. The first-order chi connectivity index (χ1) is 13.1. The number of piperazine rings is 1. The van der Waals surface area contributed by atoms with Gasteiger partial charge in [0.25, 0.3) is 5.91 Å². The van der Waals surface area contributed by atoms with Crippen molar-refractivity contribution in [2.45, 2.75) is 11.4 Å². The first-order valence-electron chi connectivity index (χ1n) is 8.73. The summed E-state index contributed by atoms with van der Waals surface area (Å²) in [6.45, 7) is 3.02. The van der Waals surface area contributed by atoms with Crippen molar-refractivity contribution in [1.82, 2.24) is 15.1 Å². The van der Waals surface area contributed by atoms with Crippen LogP contribution in [0.5, 0.6) is 0 Å². The second-order valence-corrected chi connectivity index (χ2v) is 6.96. The number of thioether (sulfide) groups is 1. The monoisotopic (exact) mass is 390 g/mol. The van der Waals surface area contributed by atoms with Gasteiger partial charge in [-0.25, -0.2) is 4.39 Å². The molecule has 0 unspecified atom stereocenters. The number of aliphatic imine (C=N–C) groups is 1. The number of nitrogens with zero attached hydrogens (tertiary/aromatic N) is 3. The normalized spacial score (nSPS) is 15.1. The predicted octanol–water partition coefficient (Wildman–Crippen LogP) is 2.67. The Morgan fingerprint density at radius 3 is 2.63 bits per heavy atom. The Balaban J connectivity index is 1.57. The number of guanidine groups is 1. The van der Waals surface area contributed by atoms with Crippen LogP contribution in [0.1, 0.15) is 16.1 Å². The van der Waals surface area contributed by atoms with Crippen molar-refractivity contribution in [3.05, 3.63) is 53.7 Å². The molecule has 6 nitrogen and oxygen atoms in total. The molecule has 1 aliphatic heterocycles. The molecule has 0 bridgehead atoms. The van der Waals surface area contributed by atoms with Gasteiger partial charge >= 0.3 is 0 Å². The van der Waals surface area contributed by atoms with E-state index in [0.29, 0.717) is 38.5 Å². The van der Waals surface area contributed by atoms with Gasteiger partial charge in [-0.3, -0.25) is 9.79 Å². The van der Waals surface area contributed by atoms with E-state index in [1.54, 1.807) is 48.0 Å². The fraction of sp³-hybridized carbons (Fsp3) is 0.368. The smallest absolute Gasteiger partial charge is 0.289 e. The molecule has 0 atom stereocenters. The fourth-order valence-electron chi connectivity index (χ4n) is 3.07. The first-order valence-corrected chi connectivity index (χ1v) is 9.95. The molecule has 8 heteroatoms. The minimum Gasteiger partial charge on any atom is -0.459 e. The number of hydrogen-bond donors (Lipinski definition) is 1. The van der Waals surface area contributed by atoms with Gasteiger partial charge in [-0.15, -0.1) is 11.8 Å². The molecule has 0 aliphatic carbocycles. The standard InChI is InChI=1S/C19H23FN4O2S/c1-21-19(22-13-14-12-15(20)5-6-17(14)27-2)24-9-7-23(8-10-24)18(25)16-4-3-11-26-16/h3-6,11-12H,7-10,13H2,1-2H3,(H,21,22). The maximum absolute atomic E-state index is 13.6. The van der Waals surface area contributed by atoms with Crippen LogP contribution >= 0.6 is 11.8 Å². The third kappa shape index (κ3) is 4.63. The summed E-state index contributed by atoms with van der Waals surface area (Å²) < 4.78 is 18.7. The molecule has 1 amide bonds. The second-order valence-electron chi connectivity index (χ2n) is 6.11. The summed E-state index contributed by atoms with van der Waals surface area (Å²) in [5, 5.41) is 3.30. The number of carbonyl (C=O) groups excluding carboxylic acids is 1. The molecule has 27 heavy (non-hydrogen) atoms. The number of carbonyl (C=O) groups is 1. The Kier molecular flexibility index (Phi) is 6.39. The van der Waals surface area contributed by atoms with Crippen LogP contribution in [0.4, 0.5) is 4.39 Å². The van der Waals surface area contributed by atoms with E-state index < -0.39 is 0 Å². The molecule has 1 N–H and O–H groups in total. The third-order valence-electron chi connectivity index (χ3n) is 4.49. The van der Waals surface area contributed by atoms with Crippen molar-refractivity contribution in [3.63, 3.8) is 0 Å². The third-order valence-corrected chi connectivity index (χ3v) is 5.33. The van der Waals surface area contributed by atoms with Gasteiger partial charge in [-0.1, -0.05) is 0 Å². The van der Waals surface area contributed by atoms with Gasteiger partial charge in [-0.05, 0) is 42.2 Å². The van der Waals surface area contributed by atoms with E-state index in [2.05, 4.69) is 15.2 Å². The quantitative estimate of drug-likeness (QED) is 0.494. The molecule has 1 saturated heterocycles. The van der Waals surface area contributed by atoms with Crippen molar-refractivity contribution in [3.8, 4) is 0 Å². The van der Waals surface area contributed by atoms with E-state index in [-0.39, 0.29) is 11.7 Å². The first kappa shape index (κ1) is 19.3. The van der Waals surface area contributed by atoms with Crippen molar-refractivity contribution in [1.29, 1.82) is 0 Å².